The summed E-state index contributed by atoms with van der Waals surface area (Å²) >= 11 is 0. The summed E-state index contributed by atoms with van der Waals surface area (Å²) in [5.74, 6) is 5.11. The first-order chi connectivity index (χ1) is 17.3. The van der Waals surface area contributed by atoms with Crippen LogP contribution in [0.3, 0.4) is 0 Å². The van der Waals surface area contributed by atoms with E-state index in [-0.39, 0.29) is 10.8 Å². The van der Waals surface area contributed by atoms with Crippen LogP contribution >= 0.6 is 0 Å². The zero-order valence-electron chi connectivity index (χ0n) is 19.8. The number of hydrogen-bond donors (Lipinski definition) is 3. The van der Waals surface area contributed by atoms with Gasteiger partial charge in [0.05, 0.1) is 16.7 Å². The first kappa shape index (κ1) is 24.9. The van der Waals surface area contributed by atoms with E-state index in [9.17, 15) is 13.2 Å². The molecule has 0 spiro atoms. The average molecular weight is 502 g/mol. The molecule has 0 saturated heterocycles. The Hall–Kier alpha value is -4.21. The maximum absolute atomic E-state index is 12.9. The molecule has 0 bridgehead atoms. The number of hydrogen-bond acceptors (Lipinski definition) is 5. The molecule has 1 amide bonds. The van der Waals surface area contributed by atoms with Crippen LogP contribution in [0, 0.1) is 0 Å². The van der Waals surface area contributed by atoms with Crippen molar-refractivity contribution in [3.63, 3.8) is 0 Å². The van der Waals surface area contributed by atoms with Crippen molar-refractivity contribution in [2.24, 2.45) is 16.1 Å². The van der Waals surface area contributed by atoms with E-state index in [1.807, 2.05) is 72.4 Å². The minimum atomic E-state index is -3.87. The Labute approximate surface area is 210 Å². The Kier molecular flexibility index (Phi) is 7.33. The topological polar surface area (TPSA) is 133 Å². The van der Waals surface area contributed by atoms with E-state index in [1.165, 1.54) is 6.07 Å². The lowest BCUT2D eigenvalue weighted by Gasteiger charge is -2.09. The summed E-state index contributed by atoms with van der Waals surface area (Å²) in [4.78, 5) is 12.9. The summed E-state index contributed by atoms with van der Waals surface area (Å²) in [6.07, 6.45) is 5.34. The van der Waals surface area contributed by atoms with E-state index in [2.05, 4.69) is 10.4 Å². The third-order valence-electron chi connectivity index (χ3n) is 5.70. The largest absolute Gasteiger partial charge is 0.352 e. The molecule has 0 unspecified atom stereocenters. The van der Waals surface area contributed by atoms with Crippen molar-refractivity contribution in [3.05, 3.63) is 102 Å². The summed E-state index contributed by atoms with van der Waals surface area (Å²) in [6.45, 7) is 2.93. The van der Waals surface area contributed by atoms with Crippen molar-refractivity contribution >= 4 is 22.1 Å². The Morgan fingerprint density at radius 2 is 1.67 bits per heavy atom. The van der Waals surface area contributed by atoms with Crippen LogP contribution < -0.4 is 16.3 Å². The van der Waals surface area contributed by atoms with Crippen molar-refractivity contribution < 1.29 is 13.2 Å². The van der Waals surface area contributed by atoms with E-state index in [0.29, 0.717) is 29.8 Å². The molecule has 1 aromatic heterocycles. The van der Waals surface area contributed by atoms with E-state index >= 15 is 0 Å². The van der Waals surface area contributed by atoms with E-state index in [4.69, 9.17) is 11.0 Å². The lowest BCUT2D eigenvalue weighted by atomic mass is 9.99. The van der Waals surface area contributed by atoms with Crippen LogP contribution in [0.25, 0.3) is 22.3 Å². The minimum absolute atomic E-state index is 0.0637. The van der Waals surface area contributed by atoms with Gasteiger partial charge < -0.3 is 15.7 Å². The number of aromatic nitrogens is 1. The predicted molar refractivity (Wildman–Crippen MR) is 142 cm³/mol. The molecule has 1 heterocycles. The number of benzene rings is 3. The van der Waals surface area contributed by atoms with Crippen LogP contribution in [-0.4, -0.2) is 31.7 Å². The molecule has 3 aromatic carbocycles. The third kappa shape index (κ3) is 5.54. The Bertz CT molecular complexity index is 1520. The normalized spacial score (nSPS) is 11.6. The molecule has 0 fully saturated rings. The molecule has 5 N–H and O–H groups in total. The number of carbonyl (C=O) groups excluding carboxylic acids is 1. The zero-order chi connectivity index (χ0) is 25.7. The fourth-order valence-electron chi connectivity index (χ4n) is 4.12. The molecule has 4 rings (SSSR count). The van der Waals surface area contributed by atoms with Gasteiger partial charge in [0.1, 0.15) is 0 Å². The summed E-state index contributed by atoms with van der Waals surface area (Å²) in [7, 11) is -3.87. The van der Waals surface area contributed by atoms with Crippen LogP contribution in [0.2, 0.25) is 0 Å². The molecule has 9 heteroatoms. The van der Waals surface area contributed by atoms with E-state index in [1.54, 1.807) is 24.4 Å². The number of carbonyl (C=O) groups is 1. The smallest absolute Gasteiger partial charge is 0.253 e. The molecular formula is C27H27N5O3S. The van der Waals surface area contributed by atoms with Crippen molar-refractivity contribution in [1.82, 2.24) is 9.88 Å². The lowest BCUT2D eigenvalue weighted by Crippen LogP contribution is -2.22. The molecule has 0 saturated carbocycles. The molecular weight excluding hydrogens is 474 g/mol. The summed E-state index contributed by atoms with van der Waals surface area (Å²) in [6, 6.07) is 21.8. The van der Waals surface area contributed by atoms with Crippen LogP contribution in [-0.2, 0) is 16.6 Å². The van der Waals surface area contributed by atoms with Gasteiger partial charge in [-0.2, -0.15) is 5.10 Å². The van der Waals surface area contributed by atoms with Gasteiger partial charge in [0.25, 0.3) is 5.91 Å². The average Bonchev–Trinajstić information content (AvgIpc) is 3.28. The highest BCUT2D eigenvalue weighted by atomic mass is 32.2. The monoisotopic (exact) mass is 501 g/mol. The van der Waals surface area contributed by atoms with Crippen LogP contribution in [0.5, 0.6) is 0 Å². The zero-order valence-corrected chi connectivity index (χ0v) is 20.6. The van der Waals surface area contributed by atoms with Gasteiger partial charge in [0.15, 0.2) is 0 Å². The highest BCUT2D eigenvalue weighted by Crippen LogP contribution is 2.31. The second kappa shape index (κ2) is 10.6. The van der Waals surface area contributed by atoms with Gasteiger partial charge in [-0.05, 0) is 41.3 Å². The molecule has 8 nitrogen and oxygen atoms in total. The Morgan fingerprint density at radius 3 is 2.33 bits per heavy atom. The number of nitrogens with two attached hydrogens (primary N) is 2. The first-order valence-electron chi connectivity index (χ1n) is 11.3. The van der Waals surface area contributed by atoms with Gasteiger partial charge in [-0.3, -0.25) is 4.79 Å². The fraction of sp³-hybridized carbons (Fsp3) is 0.111. The number of nitrogens with zero attached hydrogens (tertiary/aromatic N) is 2. The molecule has 36 heavy (non-hydrogen) atoms. The molecule has 184 valence electrons. The summed E-state index contributed by atoms with van der Waals surface area (Å²) < 4.78 is 26.0. The van der Waals surface area contributed by atoms with Crippen molar-refractivity contribution in [1.29, 1.82) is 0 Å². The molecule has 0 aliphatic rings. The van der Waals surface area contributed by atoms with Gasteiger partial charge in [-0.1, -0.05) is 60.7 Å². The van der Waals surface area contributed by atoms with Gasteiger partial charge in [0, 0.05) is 36.6 Å². The number of hydrazone groups is 1. The number of nitrogens with one attached hydrogen (secondary N) is 1. The molecule has 0 aliphatic carbocycles. The lowest BCUT2D eigenvalue weighted by molar-refractivity contribution is 0.0956. The summed E-state index contributed by atoms with van der Waals surface area (Å²) in [5, 5.41) is 11.9. The predicted octanol–water partition coefficient (Wildman–Crippen LogP) is 3.56. The van der Waals surface area contributed by atoms with Crippen LogP contribution in [0.1, 0.15) is 28.4 Å². The number of rotatable bonds is 8. The number of amides is 1. The van der Waals surface area contributed by atoms with Crippen molar-refractivity contribution in [3.8, 4) is 22.3 Å². The number of sulfonamides is 1. The molecule has 0 atom stereocenters. The minimum Gasteiger partial charge on any atom is -0.352 e. The third-order valence-corrected chi connectivity index (χ3v) is 6.67. The van der Waals surface area contributed by atoms with Gasteiger partial charge in [0.2, 0.25) is 10.0 Å². The van der Waals surface area contributed by atoms with E-state index in [0.717, 1.165) is 22.3 Å². The standard InChI is InChI=1S/C27H27N5O3S/c1-2-30-27(33)25-18-32(16-20-7-5-6-19(14-20)15-31-28)17-24(25)22-12-10-21(11-13-22)23-8-3-4-9-26(23)36(29,34)35/h3-15,17-18H,2,16,28H2,1H3,(H,30,33)(H2,29,34,35). The highest BCUT2D eigenvalue weighted by molar-refractivity contribution is 7.89. The Morgan fingerprint density at radius 1 is 0.972 bits per heavy atom. The summed E-state index contributed by atoms with van der Waals surface area (Å²) in [5.41, 5.74) is 5.31. The van der Waals surface area contributed by atoms with Gasteiger partial charge >= 0.3 is 0 Å². The second-order valence-electron chi connectivity index (χ2n) is 8.26. The van der Waals surface area contributed by atoms with Crippen LogP contribution in [0.4, 0.5) is 0 Å². The van der Waals surface area contributed by atoms with Crippen molar-refractivity contribution in [2.75, 3.05) is 6.54 Å². The second-order valence-corrected chi connectivity index (χ2v) is 9.79. The number of primary sulfonamides is 1. The SMILES string of the molecule is CCNC(=O)c1cn(Cc2cccc(C=NN)c2)cc1-c1ccc(-c2ccccc2S(N)(=O)=O)cc1. The maximum Gasteiger partial charge on any atom is 0.253 e. The fourth-order valence-corrected chi connectivity index (χ4v) is 4.88. The maximum atomic E-state index is 12.9. The van der Waals surface area contributed by atoms with Gasteiger partial charge in [-0.15, -0.1) is 0 Å². The van der Waals surface area contributed by atoms with Crippen molar-refractivity contribution in [2.45, 2.75) is 18.4 Å². The quantitative estimate of drug-likeness (QED) is 0.193. The Balaban J connectivity index is 1.71. The highest BCUT2D eigenvalue weighted by Gasteiger charge is 2.18. The van der Waals surface area contributed by atoms with Crippen LogP contribution in [0.15, 0.2) is 95.2 Å². The molecule has 0 radical (unpaired) electrons. The molecule has 4 aromatic rings. The van der Waals surface area contributed by atoms with E-state index < -0.39 is 10.0 Å². The van der Waals surface area contributed by atoms with Gasteiger partial charge in [-0.25, -0.2) is 13.6 Å². The first-order valence-corrected chi connectivity index (χ1v) is 12.9. The molecule has 0 aliphatic heterocycles.